The summed E-state index contributed by atoms with van der Waals surface area (Å²) < 4.78 is 0. The van der Waals surface area contributed by atoms with Crippen molar-refractivity contribution in [2.75, 3.05) is 18.0 Å². The van der Waals surface area contributed by atoms with E-state index < -0.39 is 0 Å². The quantitative estimate of drug-likeness (QED) is 0.882. The maximum Gasteiger partial charge on any atom is 0.151 e. The van der Waals surface area contributed by atoms with Crippen LogP contribution in [-0.2, 0) is 0 Å². The maximum atomic E-state index is 4.24. The SMILES string of the molecule is c1cnnc(N2CCC[C@H]2CNC2CCCC2)c1. The molecule has 2 aliphatic rings. The van der Waals surface area contributed by atoms with E-state index in [1.54, 1.807) is 6.20 Å². The summed E-state index contributed by atoms with van der Waals surface area (Å²) in [6.45, 7) is 2.22. The van der Waals surface area contributed by atoms with E-state index in [0.717, 1.165) is 24.9 Å². The Labute approximate surface area is 109 Å². The fourth-order valence-corrected chi connectivity index (χ4v) is 3.23. The van der Waals surface area contributed by atoms with Gasteiger partial charge in [0.15, 0.2) is 5.82 Å². The average Bonchev–Trinajstić information content (AvgIpc) is 3.09. The Balaban J connectivity index is 1.57. The first-order valence-corrected chi connectivity index (χ1v) is 7.21. The minimum atomic E-state index is 0.599. The van der Waals surface area contributed by atoms with E-state index in [2.05, 4.69) is 26.5 Å². The zero-order chi connectivity index (χ0) is 12.2. The molecule has 3 rings (SSSR count). The third-order valence-corrected chi connectivity index (χ3v) is 4.23. The lowest BCUT2D eigenvalue weighted by atomic mass is 10.2. The van der Waals surface area contributed by atoms with Crippen LogP contribution in [-0.4, -0.2) is 35.4 Å². The van der Waals surface area contributed by atoms with Crippen molar-refractivity contribution < 1.29 is 0 Å². The monoisotopic (exact) mass is 246 g/mol. The summed E-state index contributed by atoms with van der Waals surface area (Å²) >= 11 is 0. The van der Waals surface area contributed by atoms with Crippen LogP contribution in [0.5, 0.6) is 0 Å². The normalized spacial score (nSPS) is 24.9. The van der Waals surface area contributed by atoms with E-state index >= 15 is 0 Å². The van der Waals surface area contributed by atoms with E-state index in [1.165, 1.54) is 38.5 Å². The topological polar surface area (TPSA) is 41.1 Å². The summed E-state index contributed by atoms with van der Waals surface area (Å²) in [6, 6.07) is 5.40. The summed E-state index contributed by atoms with van der Waals surface area (Å²) in [4.78, 5) is 2.41. The number of hydrogen-bond acceptors (Lipinski definition) is 4. The van der Waals surface area contributed by atoms with Crippen LogP contribution in [0, 0.1) is 0 Å². The van der Waals surface area contributed by atoms with Gasteiger partial charge in [-0.05, 0) is 37.8 Å². The molecule has 4 heteroatoms. The predicted octanol–water partition coefficient (Wildman–Crippen LogP) is 1.98. The summed E-state index contributed by atoms with van der Waals surface area (Å²) in [6.07, 6.45) is 9.80. The van der Waals surface area contributed by atoms with Gasteiger partial charge in [0.2, 0.25) is 0 Å². The van der Waals surface area contributed by atoms with Gasteiger partial charge in [0.25, 0.3) is 0 Å². The lowest BCUT2D eigenvalue weighted by Crippen LogP contribution is -2.41. The highest BCUT2D eigenvalue weighted by atomic mass is 15.3. The van der Waals surface area contributed by atoms with E-state index in [1.807, 2.05) is 6.07 Å². The summed E-state index contributed by atoms with van der Waals surface area (Å²) in [5.74, 6) is 1.04. The van der Waals surface area contributed by atoms with Crippen LogP contribution in [0.2, 0.25) is 0 Å². The lowest BCUT2D eigenvalue weighted by molar-refractivity contribution is 0.483. The van der Waals surface area contributed by atoms with Gasteiger partial charge in [-0.25, -0.2) is 0 Å². The van der Waals surface area contributed by atoms with Gasteiger partial charge in [-0.15, -0.1) is 5.10 Å². The minimum absolute atomic E-state index is 0.599. The van der Waals surface area contributed by atoms with E-state index in [0.29, 0.717) is 6.04 Å². The molecule has 1 aliphatic carbocycles. The molecule has 18 heavy (non-hydrogen) atoms. The van der Waals surface area contributed by atoms with Crippen molar-refractivity contribution in [3.8, 4) is 0 Å². The molecule has 2 fully saturated rings. The van der Waals surface area contributed by atoms with Gasteiger partial charge in [0, 0.05) is 31.4 Å². The van der Waals surface area contributed by atoms with Crippen LogP contribution >= 0.6 is 0 Å². The number of rotatable bonds is 4. The number of anilines is 1. The first-order valence-electron chi connectivity index (χ1n) is 7.21. The molecule has 1 aromatic heterocycles. The zero-order valence-electron chi connectivity index (χ0n) is 10.9. The first-order chi connectivity index (χ1) is 8.93. The van der Waals surface area contributed by atoms with Crippen molar-refractivity contribution in [1.29, 1.82) is 0 Å². The second kappa shape index (κ2) is 5.65. The Morgan fingerprint density at radius 1 is 1.22 bits per heavy atom. The molecule has 1 saturated carbocycles. The molecule has 0 radical (unpaired) electrons. The Bertz CT molecular complexity index is 361. The Kier molecular flexibility index (Phi) is 3.74. The van der Waals surface area contributed by atoms with Crippen LogP contribution in [0.15, 0.2) is 18.3 Å². The molecule has 0 aromatic carbocycles. The molecule has 0 amide bonds. The largest absolute Gasteiger partial charge is 0.351 e. The number of aromatic nitrogens is 2. The maximum absolute atomic E-state index is 4.24. The smallest absolute Gasteiger partial charge is 0.151 e. The molecule has 1 aliphatic heterocycles. The van der Waals surface area contributed by atoms with Crippen molar-refractivity contribution in [3.63, 3.8) is 0 Å². The zero-order valence-corrected chi connectivity index (χ0v) is 10.9. The van der Waals surface area contributed by atoms with Gasteiger partial charge in [0.05, 0.1) is 0 Å². The van der Waals surface area contributed by atoms with Gasteiger partial charge < -0.3 is 10.2 Å². The molecule has 0 unspecified atom stereocenters. The number of nitrogens with zero attached hydrogens (tertiary/aromatic N) is 3. The van der Waals surface area contributed by atoms with Gasteiger partial charge >= 0.3 is 0 Å². The second-order valence-electron chi connectivity index (χ2n) is 5.46. The van der Waals surface area contributed by atoms with Gasteiger partial charge in [0.1, 0.15) is 0 Å². The van der Waals surface area contributed by atoms with Crippen molar-refractivity contribution >= 4 is 5.82 Å². The number of hydrogen-bond donors (Lipinski definition) is 1. The predicted molar refractivity (Wildman–Crippen MR) is 72.7 cm³/mol. The fraction of sp³-hybridized carbons (Fsp3) is 0.714. The van der Waals surface area contributed by atoms with Gasteiger partial charge in [-0.1, -0.05) is 12.8 Å². The summed E-state index contributed by atoms with van der Waals surface area (Å²) in [7, 11) is 0. The van der Waals surface area contributed by atoms with E-state index in [4.69, 9.17) is 0 Å². The molecule has 0 bridgehead atoms. The van der Waals surface area contributed by atoms with Crippen LogP contribution in [0.1, 0.15) is 38.5 Å². The van der Waals surface area contributed by atoms with Crippen LogP contribution in [0.25, 0.3) is 0 Å². The first kappa shape index (κ1) is 11.9. The molecule has 1 atom stereocenters. The molecule has 2 heterocycles. The van der Waals surface area contributed by atoms with Crippen molar-refractivity contribution in [2.45, 2.75) is 50.6 Å². The molecule has 1 saturated heterocycles. The molecular formula is C14H22N4. The highest BCUT2D eigenvalue weighted by Crippen LogP contribution is 2.23. The van der Waals surface area contributed by atoms with Gasteiger partial charge in [-0.3, -0.25) is 0 Å². The average molecular weight is 246 g/mol. The summed E-state index contributed by atoms with van der Waals surface area (Å²) in [5, 5.41) is 12.0. The van der Waals surface area contributed by atoms with Crippen molar-refractivity contribution in [1.82, 2.24) is 15.5 Å². The van der Waals surface area contributed by atoms with E-state index in [-0.39, 0.29) is 0 Å². The Morgan fingerprint density at radius 2 is 2.11 bits per heavy atom. The van der Waals surface area contributed by atoms with Crippen LogP contribution in [0.3, 0.4) is 0 Å². The van der Waals surface area contributed by atoms with Gasteiger partial charge in [-0.2, -0.15) is 5.10 Å². The highest BCUT2D eigenvalue weighted by Gasteiger charge is 2.26. The third kappa shape index (κ3) is 2.64. The lowest BCUT2D eigenvalue weighted by Gasteiger charge is -2.26. The molecule has 0 spiro atoms. The van der Waals surface area contributed by atoms with Crippen molar-refractivity contribution in [2.24, 2.45) is 0 Å². The van der Waals surface area contributed by atoms with Crippen LogP contribution < -0.4 is 10.2 Å². The standard InChI is InChI=1S/C14H22N4/c1-2-6-12(5-1)15-11-13-7-4-10-18(13)14-8-3-9-16-17-14/h3,8-9,12-13,15H,1-2,4-7,10-11H2/t13-/m0/s1. The molecule has 98 valence electrons. The molecule has 1 aromatic rings. The Hall–Kier alpha value is -1.16. The molecule has 1 N–H and O–H groups in total. The second-order valence-corrected chi connectivity index (χ2v) is 5.46. The molecular weight excluding hydrogens is 224 g/mol. The fourth-order valence-electron chi connectivity index (χ4n) is 3.23. The van der Waals surface area contributed by atoms with Crippen LogP contribution in [0.4, 0.5) is 5.82 Å². The number of nitrogens with one attached hydrogen (secondary N) is 1. The Morgan fingerprint density at radius 3 is 2.89 bits per heavy atom. The third-order valence-electron chi connectivity index (χ3n) is 4.23. The van der Waals surface area contributed by atoms with Crippen molar-refractivity contribution in [3.05, 3.63) is 18.3 Å². The van der Waals surface area contributed by atoms with E-state index in [9.17, 15) is 0 Å². The highest BCUT2D eigenvalue weighted by molar-refractivity contribution is 5.39. The summed E-state index contributed by atoms with van der Waals surface area (Å²) in [5.41, 5.74) is 0. The molecule has 4 nitrogen and oxygen atoms in total. The minimum Gasteiger partial charge on any atom is -0.351 e.